The highest BCUT2D eigenvalue weighted by atomic mass is 16.3. The molecule has 0 spiro atoms. The van der Waals surface area contributed by atoms with Crippen LogP contribution in [-0.2, 0) is 4.79 Å². The predicted molar refractivity (Wildman–Crippen MR) is 61.6 cm³/mol. The molecule has 0 aromatic heterocycles. The van der Waals surface area contributed by atoms with E-state index in [4.69, 9.17) is 0 Å². The van der Waals surface area contributed by atoms with Crippen molar-refractivity contribution in [3.63, 3.8) is 0 Å². The van der Waals surface area contributed by atoms with Gasteiger partial charge in [-0.25, -0.2) is 0 Å². The van der Waals surface area contributed by atoms with E-state index in [-0.39, 0.29) is 11.7 Å². The molecular formula is C12H13NO2. The Hall–Kier alpha value is -2.03. The molecule has 0 radical (unpaired) electrons. The Labute approximate surface area is 88.7 Å². The molecule has 0 aliphatic carbocycles. The number of anilines is 1. The number of hydrogen-bond donors (Lipinski definition) is 2. The Morgan fingerprint density at radius 2 is 2.20 bits per heavy atom. The van der Waals surface area contributed by atoms with Crippen LogP contribution in [0.4, 0.5) is 5.69 Å². The predicted octanol–water partition coefficient (Wildman–Crippen LogP) is 2.55. The second-order valence-corrected chi connectivity index (χ2v) is 3.20. The normalized spacial score (nSPS) is 9.40. The summed E-state index contributed by atoms with van der Waals surface area (Å²) in [6.07, 6.45) is 1.17. The molecule has 15 heavy (non-hydrogen) atoms. The third kappa shape index (κ3) is 2.71. The van der Waals surface area contributed by atoms with Crippen LogP contribution in [0.2, 0.25) is 0 Å². The summed E-state index contributed by atoms with van der Waals surface area (Å²) in [7, 11) is 0. The number of phenols is 1. The van der Waals surface area contributed by atoms with Gasteiger partial charge in [-0.05, 0) is 30.7 Å². The molecule has 0 aliphatic heterocycles. The highest BCUT2D eigenvalue weighted by Crippen LogP contribution is 2.26. The van der Waals surface area contributed by atoms with Crippen molar-refractivity contribution < 1.29 is 9.90 Å². The highest BCUT2D eigenvalue weighted by Gasteiger charge is 2.06. The number of aromatic hydroxyl groups is 1. The second-order valence-electron chi connectivity index (χ2n) is 3.20. The number of amides is 1. The zero-order chi connectivity index (χ0) is 11.4. The molecule has 0 fully saturated rings. The van der Waals surface area contributed by atoms with E-state index >= 15 is 0 Å². The highest BCUT2D eigenvalue weighted by molar-refractivity contribution is 6.00. The van der Waals surface area contributed by atoms with Gasteiger partial charge in [0.15, 0.2) is 0 Å². The molecule has 0 saturated carbocycles. The minimum atomic E-state index is -0.317. The number of nitrogens with one attached hydrogen (secondary N) is 1. The van der Waals surface area contributed by atoms with E-state index in [1.54, 1.807) is 12.1 Å². The Morgan fingerprint density at radius 1 is 1.53 bits per heavy atom. The topological polar surface area (TPSA) is 49.3 Å². The summed E-state index contributed by atoms with van der Waals surface area (Å²) in [5.41, 5.74) is 2.14. The van der Waals surface area contributed by atoms with Gasteiger partial charge in [0.05, 0.1) is 5.69 Å². The fourth-order valence-electron chi connectivity index (χ4n) is 1.19. The number of hydrogen-bond acceptors (Lipinski definition) is 2. The van der Waals surface area contributed by atoms with Crippen molar-refractivity contribution in [2.75, 3.05) is 5.32 Å². The molecule has 0 unspecified atom stereocenters. The maximum atomic E-state index is 11.1. The molecule has 0 heterocycles. The van der Waals surface area contributed by atoms with Crippen LogP contribution in [0.25, 0.3) is 5.57 Å². The number of carbonyl (C=O) groups is 1. The maximum Gasteiger partial charge on any atom is 0.247 e. The number of carbonyl (C=O) groups excluding carboxylic acids is 1. The second kappa shape index (κ2) is 4.46. The standard InChI is InChI=1S/C12H13NO2/c1-4-12(15)13-11-7-9(14)5-6-10(11)8(2)3/h4-7,14H,1-2H2,3H3,(H,13,15). The van der Waals surface area contributed by atoms with Gasteiger partial charge in [0.25, 0.3) is 0 Å². The third-order valence-corrected chi connectivity index (χ3v) is 1.91. The molecule has 3 nitrogen and oxygen atoms in total. The van der Waals surface area contributed by atoms with E-state index in [0.29, 0.717) is 5.69 Å². The summed E-state index contributed by atoms with van der Waals surface area (Å²) in [6.45, 7) is 8.98. The lowest BCUT2D eigenvalue weighted by Crippen LogP contribution is -2.08. The zero-order valence-electron chi connectivity index (χ0n) is 8.58. The van der Waals surface area contributed by atoms with Crippen LogP contribution < -0.4 is 5.32 Å². The first-order valence-electron chi connectivity index (χ1n) is 4.47. The van der Waals surface area contributed by atoms with E-state index in [1.165, 1.54) is 12.1 Å². The summed E-state index contributed by atoms with van der Waals surface area (Å²) in [5.74, 6) is -0.220. The van der Waals surface area contributed by atoms with Crippen molar-refractivity contribution >= 4 is 17.2 Å². The van der Waals surface area contributed by atoms with Crippen LogP contribution in [-0.4, -0.2) is 11.0 Å². The Balaban J connectivity index is 3.12. The monoisotopic (exact) mass is 203 g/mol. The summed E-state index contributed by atoms with van der Waals surface area (Å²) in [6, 6.07) is 4.73. The van der Waals surface area contributed by atoms with Crippen molar-refractivity contribution in [1.29, 1.82) is 0 Å². The van der Waals surface area contributed by atoms with E-state index in [9.17, 15) is 9.90 Å². The van der Waals surface area contributed by atoms with Crippen LogP contribution in [0.1, 0.15) is 12.5 Å². The van der Waals surface area contributed by atoms with Crippen molar-refractivity contribution in [3.8, 4) is 5.75 Å². The third-order valence-electron chi connectivity index (χ3n) is 1.91. The molecule has 2 N–H and O–H groups in total. The average molecular weight is 203 g/mol. The molecule has 1 rings (SSSR count). The van der Waals surface area contributed by atoms with Gasteiger partial charge in [-0.1, -0.05) is 13.2 Å². The van der Waals surface area contributed by atoms with Crippen LogP contribution in [0, 0.1) is 0 Å². The molecule has 0 bridgehead atoms. The van der Waals surface area contributed by atoms with Crippen molar-refractivity contribution in [1.82, 2.24) is 0 Å². The summed E-state index contributed by atoms with van der Waals surface area (Å²) >= 11 is 0. The first-order chi connectivity index (χ1) is 7.04. The van der Waals surface area contributed by atoms with E-state index in [0.717, 1.165) is 11.1 Å². The van der Waals surface area contributed by atoms with Crippen molar-refractivity contribution in [3.05, 3.63) is 43.0 Å². The molecule has 1 aromatic carbocycles. The smallest absolute Gasteiger partial charge is 0.247 e. The number of rotatable bonds is 3. The van der Waals surface area contributed by atoms with E-state index < -0.39 is 0 Å². The lowest BCUT2D eigenvalue weighted by atomic mass is 10.1. The van der Waals surface area contributed by atoms with Gasteiger partial charge in [-0.15, -0.1) is 0 Å². The van der Waals surface area contributed by atoms with Crippen LogP contribution in [0.5, 0.6) is 5.75 Å². The number of benzene rings is 1. The van der Waals surface area contributed by atoms with Crippen LogP contribution in [0.15, 0.2) is 37.4 Å². The van der Waals surface area contributed by atoms with E-state index in [1.807, 2.05) is 6.92 Å². The van der Waals surface area contributed by atoms with Gasteiger partial charge < -0.3 is 10.4 Å². The largest absolute Gasteiger partial charge is 0.508 e. The van der Waals surface area contributed by atoms with Gasteiger partial charge >= 0.3 is 0 Å². The van der Waals surface area contributed by atoms with Gasteiger partial charge in [0.2, 0.25) is 5.91 Å². The van der Waals surface area contributed by atoms with Crippen molar-refractivity contribution in [2.45, 2.75) is 6.92 Å². The Bertz CT molecular complexity index is 422. The van der Waals surface area contributed by atoms with Crippen LogP contribution >= 0.6 is 0 Å². The average Bonchev–Trinajstić information content (AvgIpc) is 2.17. The molecule has 3 heteroatoms. The van der Waals surface area contributed by atoms with Gasteiger partial charge in [0, 0.05) is 11.6 Å². The first-order valence-corrected chi connectivity index (χ1v) is 4.47. The van der Waals surface area contributed by atoms with Crippen LogP contribution in [0.3, 0.4) is 0 Å². The molecular weight excluding hydrogens is 190 g/mol. The summed E-state index contributed by atoms with van der Waals surface area (Å²) in [5, 5.41) is 11.9. The minimum Gasteiger partial charge on any atom is -0.508 e. The fraction of sp³-hybridized carbons (Fsp3) is 0.0833. The van der Waals surface area contributed by atoms with E-state index in [2.05, 4.69) is 18.5 Å². The summed E-state index contributed by atoms with van der Waals surface area (Å²) < 4.78 is 0. The lowest BCUT2D eigenvalue weighted by Gasteiger charge is -2.09. The number of phenolic OH excluding ortho intramolecular Hbond substituents is 1. The molecule has 1 aromatic rings. The molecule has 0 aliphatic rings. The fourth-order valence-corrected chi connectivity index (χ4v) is 1.19. The zero-order valence-corrected chi connectivity index (χ0v) is 8.58. The lowest BCUT2D eigenvalue weighted by molar-refractivity contribution is -0.111. The Morgan fingerprint density at radius 3 is 2.73 bits per heavy atom. The minimum absolute atomic E-state index is 0.0966. The molecule has 1 amide bonds. The molecule has 0 atom stereocenters. The van der Waals surface area contributed by atoms with Gasteiger partial charge in [-0.2, -0.15) is 0 Å². The Kier molecular flexibility index (Phi) is 3.29. The van der Waals surface area contributed by atoms with Crippen molar-refractivity contribution in [2.24, 2.45) is 0 Å². The molecule has 78 valence electrons. The quantitative estimate of drug-likeness (QED) is 0.742. The first kappa shape index (κ1) is 11.0. The van der Waals surface area contributed by atoms with Gasteiger partial charge in [0.1, 0.15) is 5.75 Å². The number of allylic oxidation sites excluding steroid dienone is 1. The SMILES string of the molecule is C=CC(=O)Nc1cc(O)ccc1C(=C)C. The maximum absolute atomic E-state index is 11.1. The molecule has 0 saturated heterocycles. The summed E-state index contributed by atoms with van der Waals surface area (Å²) in [4.78, 5) is 11.1. The van der Waals surface area contributed by atoms with Gasteiger partial charge in [-0.3, -0.25) is 4.79 Å².